The van der Waals surface area contributed by atoms with E-state index in [1.807, 2.05) is 37.3 Å². The first-order valence-electron chi connectivity index (χ1n) is 15.9. The van der Waals surface area contributed by atoms with Gasteiger partial charge in [-0.15, -0.1) is 13.2 Å². The van der Waals surface area contributed by atoms with Crippen LogP contribution in [0.4, 0.5) is 0 Å². The van der Waals surface area contributed by atoms with E-state index in [1.165, 1.54) is 4.90 Å². The summed E-state index contributed by atoms with van der Waals surface area (Å²) in [5.74, 6) is -3.13. The first-order valence-corrected chi connectivity index (χ1v) is 16.8. The molecule has 3 aliphatic heterocycles. The first kappa shape index (κ1) is 34.8. The SMILES string of the molecule is C=CCCC(=O)OC[C@@H](NC(=O)[C@H]1[C@@H]2O[C@@]3(CC2Br)[C@@H]1C(=O)N(CCCO)[C@@H]3C(=O)N(CC=C)C(C)CCC)c1ccccc1. The van der Waals surface area contributed by atoms with E-state index < -0.39 is 47.5 Å². The number of nitrogens with one attached hydrogen (secondary N) is 1. The number of hydrogen-bond acceptors (Lipinski definition) is 7. The third-order valence-corrected chi connectivity index (χ3v) is 10.1. The molecule has 10 nitrogen and oxygen atoms in total. The van der Waals surface area contributed by atoms with Gasteiger partial charge in [0.15, 0.2) is 0 Å². The Kier molecular flexibility index (Phi) is 12.0. The van der Waals surface area contributed by atoms with Gasteiger partial charge in [0.25, 0.3) is 0 Å². The van der Waals surface area contributed by atoms with Crippen molar-refractivity contribution in [2.45, 2.75) is 87.0 Å². The van der Waals surface area contributed by atoms with Crippen LogP contribution in [-0.4, -0.2) is 93.5 Å². The molecule has 1 aromatic rings. The van der Waals surface area contributed by atoms with E-state index in [1.54, 1.807) is 17.1 Å². The number of esters is 1. The second kappa shape index (κ2) is 15.5. The summed E-state index contributed by atoms with van der Waals surface area (Å²) in [6, 6.07) is 7.51. The molecule has 0 radical (unpaired) electrons. The predicted octanol–water partition coefficient (Wildman–Crippen LogP) is 3.69. The largest absolute Gasteiger partial charge is 0.463 e. The van der Waals surface area contributed by atoms with E-state index >= 15 is 0 Å². The fourth-order valence-electron chi connectivity index (χ4n) is 7.19. The maximum absolute atomic E-state index is 14.4. The molecule has 246 valence electrons. The zero-order valence-corrected chi connectivity index (χ0v) is 27.8. The molecular formula is C34H46BrN3O7. The predicted molar refractivity (Wildman–Crippen MR) is 173 cm³/mol. The molecule has 0 aromatic heterocycles. The highest BCUT2D eigenvalue weighted by atomic mass is 79.9. The zero-order valence-electron chi connectivity index (χ0n) is 26.2. The van der Waals surface area contributed by atoms with Crippen LogP contribution in [0.2, 0.25) is 0 Å². The van der Waals surface area contributed by atoms with E-state index in [4.69, 9.17) is 9.47 Å². The molecule has 4 rings (SSSR count). The summed E-state index contributed by atoms with van der Waals surface area (Å²) >= 11 is 3.72. The molecule has 3 amide bonds. The van der Waals surface area contributed by atoms with Crippen LogP contribution in [0.15, 0.2) is 55.6 Å². The van der Waals surface area contributed by atoms with Gasteiger partial charge in [-0.2, -0.15) is 0 Å². The number of fused-ring (bicyclic) bond motifs is 1. The van der Waals surface area contributed by atoms with Gasteiger partial charge in [0.05, 0.1) is 24.0 Å². The van der Waals surface area contributed by atoms with Crippen molar-refractivity contribution in [1.29, 1.82) is 0 Å². The molecule has 3 heterocycles. The monoisotopic (exact) mass is 687 g/mol. The Morgan fingerprint density at radius 2 is 2.00 bits per heavy atom. The number of carbonyl (C=O) groups excluding carboxylic acids is 4. The Labute approximate surface area is 274 Å². The Hall–Kier alpha value is -3.02. The van der Waals surface area contributed by atoms with Crippen molar-refractivity contribution in [2.24, 2.45) is 11.8 Å². The number of likely N-dealkylation sites (tertiary alicyclic amines) is 1. The van der Waals surface area contributed by atoms with Crippen molar-refractivity contribution in [3.05, 3.63) is 61.2 Å². The number of alkyl halides is 1. The van der Waals surface area contributed by atoms with Crippen LogP contribution < -0.4 is 5.32 Å². The minimum absolute atomic E-state index is 0.0823. The number of benzene rings is 1. The van der Waals surface area contributed by atoms with Gasteiger partial charge in [-0.05, 0) is 38.2 Å². The van der Waals surface area contributed by atoms with Gasteiger partial charge >= 0.3 is 5.97 Å². The molecule has 11 heteroatoms. The van der Waals surface area contributed by atoms with Crippen LogP contribution in [0, 0.1) is 11.8 Å². The zero-order chi connectivity index (χ0) is 32.7. The molecule has 0 aliphatic carbocycles. The molecule has 3 aliphatic rings. The van der Waals surface area contributed by atoms with Crippen LogP contribution in [0.3, 0.4) is 0 Å². The topological polar surface area (TPSA) is 125 Å². The van der Waals surface area contributed by atoms with Gasteiger partial charge in [0.2, 0.25) is 17.7 Å². The molecule has 0 saturated carbocycles. The molecule has 1 aromatic carbocycles. The van der Waals surface area contributed by atoms with Crippen LogP contribution in [0.5, 0.6) is 0 Å². The van der Waals surface area contributed by atoms with E-state index in [0.29, 0.717) is 19.4 Å². The lowest BCUT2D eigenvalue weighted by molar-refractivity contribution is -0.149. The van der Waals surface area contributed by atoms with Crippen molar-refractivity contribution in [3.63, 3.8) is 0 Å². The van der Waals surface area contributed by atoms with Crippen LogP contribution in [0.25, 0.3) is 0 Å². The number of aliphatic hydroxyl groups excluding tert-OH is 1. The van der Waals surface area contributed by atoms with Crippen LogP contribution in [-0.2, 0) is 28.7 Å². The minimum Gasteiger partial charge on any atom is -0.463 e. The summed E-state index contributed by atoms with van der Waals surface area (Å²) in [4.78, 5) is 58.2. The lowest BCUT2D eigenvalue weighted by Crippen LogP contribution is -2.58. The van der Waals surface area contributed by atoms with Crippen molar-refractivity contribution >= 4 is 39.6 Å². The summed E-state index contributed by atoms with van der Waals surface area (Å²) in [6.07, 6.45) is 5.68. The number of aliphatic hydroxyl groups is 1. The van der Waals surface area contributed by atoms with Crippen molar-refractivity contribution < 1.29 is 33.8 Å². The molecule has 8 atom stereocenters. The van der Waals surface area contributed by atoms with Crippen LogP contribution >= 0.6 is 15.9 Å². The van der Waals surface area contributed by atoms with Crippen molar-refractivity contribution in [3.8, 4) is 0 Å². The summed E-state index contributed by atoms with van der Waals surface area (Å²) in [7, 11) is 0. The number of halogens is 1. The lowest BCUT2D eigenvalue weighted by Gasteiger charge is -2.39. The van der Waals surface area contributed by atoms with Gasteiger partial charge in [-0.3, -0.25) is 19.2 Å². The second-order valence-corrected chi connectivity index (χ2v) is 13.3. The number of carbonyl (C=O) groups is 4. The molecule has 1 spiro atoms. The minimum atomic E-state index is -1.21. The van der Waals surface area contributed by atoms with E-state index in [9.17, 15) is 24.3 Å². The summed E-state index contributed by atoms with van der Waals surface area (Å²) in [5.41, 5.74) is -0.466. The van der Waals surface area contributed by atoms with E-state index in [0.717, 1.165) is 18.4 Å². The Morgan fingerprint density at radius 3 is 2.64 bits per heavy atom. The fourth-order valence-corrected chi connectivity index (χ4v) is 8.13. The highest BCUT2D eigenvalue weighted by Crippen LogP contribution is 2.60. The fraction of sp³-hybridized carbons (Fsp3) is 0.588. The average Bonchev–Trinajstić information content (AvgIpc) is 3.62. The molecular weight excluding hydrogens is 642 g/mol. The van der Waals surface area contributed by atoms with Crippen molar-refractivity contribution in [1.82, 2.24) is 15.1 Å². The van der Waals surface area contributed by atoms with Gasteiger partial charge in [-0.1, -0.05) is 71.8 Å². The maximum Gasteiger partial charge on any atom is 0.306 e. The summed E-state index contributed by atoms with van der Waals surface area (Å²) in [6.45, 7) is 11.8. The van der Waals surface area contributed by atoms with Gasteiger partial charge in [0, 0.05) is 37.0 Å². The van der Waals surface area contributed by atoms with Crippen molar-refractivity contribution in [2.75, 3.05) is 26.3 Å². The highest BCUT2D eigenvalue weighted by Gasteiger charge is 2.76. The number of nitrogens with zero attached hydrogens (tertiary/aromatic N) is 2. The number of allylic oxidation sites excluding steroid dienone is 1. The smallest absolute Gasteiger partial charge is 0.306 e. The Balaban J connectivity index is 1.66. The van der Waals surface area contributed by atoms with Gasteiger partial charge in [0.1, 0.15) is 18.2 Å². The lowest BCUT2D eigenvalue weighted by atomic mass is 9.70. The Morgan fingerprint density at radius 1 is 1.27 bits per heavy atom. The molecule has 2 unspecified atom stereocenters. The quantitative estimate of drug-likeness (QED) is 0.145. The number of ether oxygens (including phenoxy) is 2. The number of hydrogen-bond donors (Lipinski definition) is 2. The van der Waals surface area contributed by atoms with Gasteiger partial charge in [-0.25, -0.2) is 0 Å². The maximum atomic E-state index is 14.4. The van der Waals surface area contributed by atoms with E-state index in [-0.39, 0.29) is 55.3 Å². The first-order chi connectivity index (χ1) is 21.6. The third-order valence-electron chi connectivity index (χ3n) is 9.21. The normalized spacial score (nSPS) is 27.9. The van der Waals surface area contributed by atoms with E-state index in [2.05, 4.69) is 41.3 Å². The number of amides is 3. The highest BCUT2D eigenvalue weighted by molar-refractivity contribution is 9.09. The average molecular weight is 689 g/mol. The molecule has 3 saturated heterocycles. The third kappa shape index (κ3) is 7.05. The summed E-state index contributed by atoms with van der Waals surface area (Å²) < 4.78 is 12.2. The Bertz CT molecular complexity index is 1250. The molecule has 45 heavy (non-hydrogen) atoms. The van der Waals surface area contributed by atoms with Gasteiger partial charge < -0.3 is 29.7 Å². The summed E-state index contributed by atoms with van der Waals surface area (Å²) in [5, 5.41) is 12.7. The van der Waals surface area contributed by atoms with Crippen LogP contribution in [0.1, 0.15) is 64.0 Å². The second-order valence-electron chi connectivity index (χ2n) is 12.2. The molecule has 3 fully saturated rings. The standard InChI is InChI=1S/C34H46BrN3O7/c1-5-8-16-26(40)44-21-25(23-14-10-9-11-15-23)36-31(41)27-28-32(42)38(18-12-19-39)30(34(28)20-24(35)29(27)45-34)33(43)37(17-7-3)22(4)13-6-2/h5,7,9-11,14-15,22,24-25,27-30,39H,1,3,6,8,12-13,16-21H2,2,4H3,(H,36,41)/t22?,24?,25-,27-,28+,29-,30-,34+/m1/s1. The number of rotatable bonds is 17. The molecule has 2 N–H and O–H groups in total. The molecule has 2 bridgehead atoms.